The average molecular weight is 919 g/mol. The van der Waals surface area contributed by atoms with E-state index in [-0.39, 0.29) is 11.3 Å². The van der Waals surface area contributed by atoms with Crippen molar-refractivity contribution in [3.8, 4) is 33.0 Å². The van der Waals surface area contributed by atoms with E-state index in [2.05, 4.69) is 103 Å². The number of hydrogen-bond donors (Lipinski definition) is 0. The molecule has 6 rings (SSSR count). The summed E-state index contributed by atoms with van der Waals surface area (Å²) in [6, 6.07) is 12.9. The Balaban J connectivity index is 0.000000310. The maximum atomic E-state index is 10.3. The third-order valence-corrected chi connectivity index (χ3v) is 14.0. The summed E-state index contributed by atoms with van der Waals surface area (Å²) in [5.41, 5.74) is 5.66. The number of thiophene rings is 2. The van der Waals surface area contributed by atoms with E-state index in [1.165, 1.54) is 98.5 Å². The van der Waals surface area contributed by atoms with Gasteiger partial charge in [0.25, 0.3) is 0 Å². The molecule has 0 atom stereocenters. The molecule has 276 valence electrons. The Morgan fingerprint density at radius 1 is 0.574 bits per heavy atom. The second-order valence-corrected chi connectivity index (χ2v) is 17.7. The summed E-state index contributed by atoms with van der Waals surface area (Å²) in [4.78, 5) is 11.9. The van der Waals surface area contributed by atoms with Crippen molar-refractivity contribution in [2.75, 3.05) is 0 Å². The fourth-order valence-electron chi connectivity index (χ4n) is 6.26. The van der Waals surface area contributed by atoms with Crippen LogP contribution in [0, 0.1) is 35.8 Å². The van der Waals surface area contributed by atoms with E-state index >= 15 is 0 Å². The van der Waals surface area contributed by atoms with Crippen LogP contribution in [0.15, 0.2) is 33.2 Å². The quantitative estimate of drug-likeness (QED) is 0.0707. The highest BCUT2D eigenvalue weighted by molar-refractivity contribution is 9.11. The molecular formula is C40H38Br2N8S4. The maximum Gasteiger partial charge on any atom is 0.221 e. The molecule has 0 amide bonds. The molecule has 6 aromatic rings. The van der Waals surface area contributed by atoms with Crippen molar-refractivity contribution >= 4 is 111 Å². The van der Waals surface area contributed by atoms with Gasteiger partial charge in [0.2, 0.25) is 11.4 Å². The molecule has 0 aliphatic carbocycles. The topological polar surface area (TPSA) is 108 Å². The van der Waals surface area contributed by atoms with Crippen LogP contribution in [0.4, 0.5) is 11.4 Å². The van der Waals surface area contributed by atoms with Gasteiger partial charge in [-0.25, -0.2) is 9.69 Å². The molecule has 0 saturated heterocycles. The molecule has 0 aliphatic heterocycles. The number of rotatable bonds is 16. The van der Waals surface area contributed by atoms with Crippen molar-refractivity contribution < 1.29 is 0 Å². The largest absolute Gasteiger partial charge is 0.236 e. The van der Waals surface area contributed by atoms with Crippen LogP contribution < -0.4 is 0 Å². The molecule has 0 spiro atoms. The van der Waals surface area contributed by atoms with Gasteiger partial charge in [-0.3, -0.25) is 0 Å². The van der Waals surface area contributed by atoms with E-state index in [4.69, 9.17) is 18.4 Å². The van der Waals surface area contributed by atoms with Crippen LogP contribution in [0.25, 0.3) is 52.6 Å². The normalized spacial score (nSPS) is 10.8. The number of aryl methyl sites for hydroxylation is 2. The minimum atomic E-state index is 0.268. The summed E-state index contributed by atoms with van der Waals surface area (Å²) in [7, 11) is 0. The molecule has 0 aliphatic rings. The van der Waals surface area contributed by atoms with Gasteiger partial charge in [-0.05, 0) is 65.9 Å². The highest BCUT2D eigenvalue weighted by atomic mass is 79.9. The maximum absolute atomic E-state index is 10.3. The van der Waals surface area contributed by atoms with Crippen LogP contribution in [0.1, 0.15) is 112 Å². The number of aromatic nitrogens is 4. The molecular weight excluding hydrogens is 881 g/mol. The second kappa shape index (κ2) is 20.9. The first-order valence-electron chi connectivity index (χ1n) is 18.1. The predicted molar refractivity (Wildman–Crippen MR) is 233 cm³/mol. The molecule has 0 unspecified atom stereocenters. The zero-order chi connectivity index (χ0) is 38.5. The van der Waals surface area contributed by atoms with Gasteiger partial charge in [0.15, 0.2) is 0 Å². The molecule has 0 radical (unpaired) electrons. The standard InChI is InChI=1S/C32H38N4S3.C8Br2N4S/c1-4-6-8-10-12-14-16-23-18-20-26(37-23)28-25(22-33)30(34-3)29(32-31(28)35-39-36-32)27-21-19-24(38-27)17-15-13-11-9-7-5-2;1-12-6-3(2-11)4(9)7-8(5(6)10)14-15-13-7/h18-21H,4-17H2,1-2H3;. The van der Waals surface area contributed by atoms with Crippen molar-refractivity contribution in [1.82, 2.24) is 17.5 Å². The SMILES string of the molecule is [C-]#[N+]c1c(C#N)c(-c2ccc(CCCCCCCC)s2)c2nsnc2c1-c1ccc(CCCCCCCC)s1.[C-]#[N+]c1c(C#N)c(Br)c2nsnc2c1Br. The minimum absolute atomic E-state index is 0.268. The minimum Gasteiger partial charge on any atom is -0.236 e. The van der Waals surface area contributed by atoms with Gasteiger partial charge in [0.05, 0.1) is 68.8 Å². The van der Waals surface area contributed by atoms with Gasteiger partial charge in [-0.2, -0.15) is 28.0 Å². The van der Waals surface area contributed by atoms with Gasteiger partial charge < -0.3 is 0 Å². The van der Waals surface area contributed by atoms with Gasteiger partial charge in [-0.15, -0.1) is 22.7 Å². The smallest absolute Gasteiger partial charge is 0.221 e. The zero-order valence-electron chi connectivity index (χ0n) is 30.2. The van der Waals surface area contributed by atoms with Crippen LogP contribution >= 0.6 is 78.0 Å². The highest BCUT2D eigenvalue weighted by Gasteiger charge is 2.26. The number of halogens is 2. The summed E-state index contributed by atoms with van der Waals surface area (Å²) in [5, 5.41) is 19.3. The first-order valence-corrected chi connectivity index (χ1v) is 22.8. The first-order chi connectivity index (χ1) is 26.4. The molecule has 54 heavy (non-hydrogen) atoms. The van der Waals surface area contributed by atoms with Crippen LogP contribution in [-0.4, -0.2) is 17.5 Å². The van der Waals surface area contributed by atoms with Crippen LogP contribution in [0.3, 0.4) is 0 Å². The van der Waals surface area contributed by atoms with Gasteiger partial charge in [0, 0.05) is 30.6 Å². The van der Waals surface area contributed by atoms with Crippen LogP contribution in [-0.2, 0) is 12.8 Å². The molecule has 8 nitrogen and oxygen atoms in total. The number of benzene rings is 2. The summed E-state index contributed by atoms with van der Waals surface area (Å²) < 4.78 is 18.5. The molecule has 0 N–H and O–H groups in total. The highest BCUT2D eigenvalue weighted by Crippen LogP contribution is 2.48. The molecule has 14 heteroatoms. The Hall–Kier alpha value is -3.60. The third-order valence-electron chi connectivity index (χ3n) is 9.07. The third kappa shape index (κ3) is 9.61. The number of fused-ring (bicyclic) bond motifs is 2. The Bertz CT molecular complexity index is 2220. The van der Waals surface area contributed by atoms with Crippen molar-refractivity contribution in [3.05, 3.63) is 76.9 Å². The lowest BCUT2D eigenvalue weighted by Crippen LogP contribution is -1.90. The van der Waals surface area contributed by atoms with Crippen LogP contribution in [0.5, 0.6) is 0 Å². The molecule has 0 fully saturated rings. The molecule has 4 aromatic heterocycles. The molecule has 4 heterocycles. The van der Waals surface area contributed by atoms with Gasteiger partial charge in [-0.1, -0.05) is 94.0 Å². The lowest BCUT2D eigenvalue weighted by atomic mass is 9.97. The van der Waals surface area contributed by atoms with Crippen LogP contribution in [0.2, 0.25) is 0 Å². The second-order valence-electron chi connectivity index (χ2n) is 12.8. The molecule has 0 bridgehead atoms. The predicted octanol–water partition coefficient (Wildman–Crippen LogP) is 15.0. The summed E-state index contributed by atoms with van der Waals surface area (Å²) in [6.45, 7) is 19.6. The van der Waals surface area contributed by atoms with Crippen molar-refractivity contribution in [1.29, 1.82) is 10.5 Å². The van der Waals surface area contributed by atoms with Crippen molar-refractivity contribution in [2.45, 2.75) is 104 Å². The van der Waals surface area contributed by atoms with Gasteiger partial charge >= 0.3 is 0 Å². The van der Waals surface area contributed by atoms with Gasteiger partial charge in [0.1, 0.15) is 22.1 Å². The summed E-state index contributed by atoms with van der Waals surface area (Å²) in [6.07, 6.45) is 17.4. The van der Waals surface area contributed by atoms with E-state index in [9.17, 15) is 5.26 Å². The average Bonchev–Trinajstić information content (AvgIpc) is 4.03. The fourth-order valence-corrected chi connectivity index (χ4v) is 10.9. The molecule has 2 aromatic carbocycles. The summed E-state index contributed by atoms with van der Waals surface area (Å²) >= 11 is 12.2. The first kappa shape index (κ1) is 41.6. The van der Waals surface area contributed by atoms with E-state index in [1.54, 1.807) is 22.7 Å². The van der Waals surface area contributed by atoms with E-state index < -0.39 is 0 Å². The van der Waals surface area contributed by atoms with Crippen molar-refractivity contribution in [2.24, 2.45) is 0 Å². The number of nitriles is 2. The Kier molecular flexibility index (Phi) is 16.1. The Morgan fingerprint density at radius 3 is 1.52 bits per heavy atom. The molecule has 0 saturated carbocycles. The van der Waals surface area contributed by atoms with E-state index in [1.807, 2.05) is 6.07 Å². The summed E-state index contributed by atoms with van der Waals surface area (Å²) in [5.74, 6) is 0. The number of nitrogens with zero attached hydrogens (tertiary/aromatic N) is 8. The monoisotopic (exact) mass is 916 g/mol. The van der Waals surface area contributed by atoms with E-state index in [0.717, 1.165) is 56.5 Å². The van der Waals surface area contributed by atoms with E-state index in [0.29, 0.717) is 31.2 Å². The Morgan fingerprint density at radius 2 is 1.02 bits per heavy atom. The number of hydrogen-bond acceptors (Lipinski definition) is 10. The van der Waals surface area contributed by atoms with Crippen molar-refractivity contribution in [3.63, 3.8) is 0 Å². The lowest BCUT2D eigenvalue weighted by molar-refractivity contribution is 0.609. The number of unbranched alkanes of at least 4 members (excludes halogenated alkanes) is 10. The lowest BCUT2D eigenvalue weighted by Gasteiger charge is -2.10. The zero-order valence-corrected chi connectivity index (χ0v) is 36.6. The Labute approximate surface area is 350 Å². The fraction of sp³-hybridized carbons (Fsp3) is 0.400.